The van der Waals surface area contributed by atoms with Gasteiger partial charge in [-0.3, -0.25) is 9.00 Å². The molecule has 2 aromatic rings. The maximum absolute atomic E-state index is 14.6. The minimum atomic E-state index is -4.57. The normalized spacial score (nSPS) is 19.3. The van der Waals surface area contributed by atoms with E-state index in [-0.39, 0.29) is 29.1 Å². The minimum absolute atomic E-state index is 0.159. The third-order valence-corrected chi connectivity index (χ3v) is 6.08. The summed E-state index contributed by atoms with van der Waals surface area (Å²) in [5.74, 6) is -1.88. The predicted molar refractivity (Wildman–Crippen MR) is 120 cm³/mol. The Bertz CT molecular complexity index is 1110. The van der Waals surface area contributed by atoms with Gasteiger partial charge >= 0.3 is 6.18 Å². The number of hydrogen-bond acceptors (Lipinski definition) is 6. The number of nitrogens with one attached hydrogen (secondary N) is 2. The number of benzene rings is 1. The number of pyridine rings is 1. The lowest BCUT2D eigenvalue weighted by Crippen LogP contribution is -2.29. The molecule has 12 heteroatoms. The van der Waals surface area contributed by atoms with Gasteiger partial charge in [-0.1, -0.05) is 6.07 Å². The molecule has 1 fully saturated rings. The van der Waals surface area contributed by atoms with Gasteiger partial charge in [0.25, 0.3) is 0 Å². The van der Waals surface area contributed by atoms with Crippen molar-refractivity contribution in [1.82, 2.24) is 10.3 Å². The van der Waals surface area contributed by atoms with E-state index in [1.54, 1.807) is 27.9 Å². The zero-order valence-corrected chi connectivity index (χ0v) is 19.8. The molecule has 1 aliphatic rings. The average Bonchev–Trinajstić information content (AvgIpc) is 3.53. The van der Waals surface area contributed by atoms with Gasteiger partial charge in [-0.25, -0.2) is 9.37 Å². The van der Waals surface area contributed by atoms with Gasteiger partial charge in [0.1, 0.15) is 17.3 Å². The van der Waals surface area contributed by atoms with Gasteiger partial charge in [-0.2, -0.15) is 13.2 Å². The third-order valence-electron chi connectivity index (χ3n) is 5.70. The molecule has 3 unspecified atom stereocenters. The predicted octanol–water partition coefficient (Wildman–Crippen LogP) is 3.84. The number of carbonyl (C=O) groups excluding carboxylic acids is 1. The van der Waals surface area contributed by atoms with Crippen molar-refractivity contribution in [3.63, 3.8) is 0 Å². The summed E-state index contributed by atoms with van der Waals surface area (Å²) in [6, 6.07) is 4.31. The van der Waals surface area contributed by atoms with E-state index in [0.29, 0.717) is 23.2 Å². The molecular weight excluding hydrogens is 476 g/mol. The number of aryl methyl sites for hydroxylation is 1. The maximum Gasteiger partial charge on any atom is 0.433 e. The largest absolute Gasteiger partial charge is 0.771 e. The van der Waals surface area contributed by atoms with E-state index in [1.807, 2.05) is 0 Å². The molecule has 0 radical (unpaired) electrons. The maximum atomic E-state index is 14.6. The monoisotopic (exact) mass is 501 g/mol. The zero-order valence-electron chi connectivity index (χ0n) is 19.0. The summed E-state index contributed by atoms with van der Waals surface area (Å²) in [5, 5.41) is 5.39. The fraction of sp³-hybridized carbons (Fsp3) is 0.455. The first-order chi connectivity index (χ1) is 15.8. The van der Waals surface area contributed by atoms with Crippen LogP contribution in [0.3, 0.4) is 0 Å². The van der Waals surface area contributed by atoms with E-state index in [1.165, 1.54) is 23.1 Å². The molecule has 0 aliphatic heterocycles. The number of amides is 1. The van der Waals surface area contributed by atoms with Crippen LogP contribution in [-0.2, 0) is 22.1 Å². The van der Waals surface area contributed by atoms with Crippen LogP contribution in [-0.4, -0.2) is 39.6 Å². The van der Waals surface area contributed by atoms with Gasteiger partial charge in [-0.15, -0.1) is 0 Å². The van der Waals surface area contributed by atoms with Crippen LogP contribution >= 0.6 is 0 Å². The standard InChI is InChI=1S/C22H26F4N4O3S/c1-11-7-14(17(23)9-18(11)27-10-34(32)33)12(2)28-21(31)16-8-15(16)13-5-6-19(22(24,25)26)29-20(13)30(3)4/h5-7,9,12,15-16,27H,8,10H2,1-4H3,(H,28,31)(H,32,33)/p-1/t12-,15?,16?/m1/s1. The molecule has 1 aromatic carbocycles. The summed E-state index contributed by atoms with van der Waals surface area (Å²) in [5.41, 5.74) is 0.734. The molecule has 1 aromatic heterocycles. The van der Waals surface area contributed by atoms with E-state index in [2.05, 4.69) is 15.6 Å². The first-order valence-electron chi connectivity index (χ1n) is 10.4. The summed E-state index contributed by atoms with van der Waals surface area (Å²) in [7, 11) is 3.17. The van der Waals surface area contributed by atoms with Crippen molar-refractivity contribution in [3.05, 3.63) is 52.5 Å². The van der Waals surface area contributed by atoms with Crippen molar-refractivity contribution in [2.75, 3.05) is 30.2 Å². The molecular formula is C22H25F4N4O3S-. The van der Waals surface area contributed by atoms with Gasteiger partial charge < -0.3 is 20.1 Å². The summed E-state index contributed by atoms with van der Waals surface area (Å²) < 4.78 is 75.2. The van der Waals surface area contributed by atoms with Crippen LogP contribution < -0.4 is 15.5 Å². The minimum Gasteiger partial charge on any atom is -0.771 e. The Morgan fingerprint density at radius 2 is 2.00 bits per heavy atom. The summed E-state index contributed by atoms with van der Waals surface area (Å²) in [4.78, 5) is 18.0. The Balaban J connectivity index is 1.71. The van der Waals surface area contributed by atoms with E-state index in [0.717, 1.165) is 6.07 Å². The van der Waals surface area contributed by atoms with Crippen LogP contribution in [0.15, 0.2) is 24.3 Å². The highest BCUT2D eigenvalue weighted by Crippen LogP contribution is 2.50. The molecule has 0 bridgehead atoms. The SMILES string of the molecule is Cc1cc([C@@H](C)NC(=O)C2CC2c2ccc(C(F)(F)F)nc2N(C)C)c(F)cc1NCS(=O)[O-]. The smallest absolute Gasteiger partial charge is 0.433 e. The Labute approximate surface area is 197 Å². The molecule has 1 amide bonds. The van der Waals surface area contributed by atoms with Crippen molar-refractivity contribution in [3.8, 4) is 0 Å². The van der Waals surface area contributed by atoms with Gasteiger partial charge in [0.2, 0.25) is 5.91 Å². The van der Waals surface area contributed by atoms with E-state index >= 15 is 0 Å². The number of hydrogen-bond donors (Lipinski definition) is 2. The molecule has 3 rings (SSSR count). The molecule has 0 saturated heterocycles. The van der Waals surface area contributed by atoms with Gasteiger partial charge in [0.15, 0.2) is 0 Å². The summed E-state index contributed by atoms with van der Waals surface area (Å²) in [6.45, 7) is 3.31. The van der Waals surface area contributed by atoms with Crippen molar-refractivity contribution in [2.45, 2.75) is 38.4 Å². The number of nitrogens with zero attached hydrogens (tertiary/aromatic N) is 2. The van der Waals surface area contributed by atoms with Crippen LogP contribution in [0.2, 0.25) is 0 Å². The molecule has 0 spiro atoms. The number of alkyl halides is 3. The molecule has 1 saturated carbocycles. The van der Waals surface area contributed by atoms with Crippen LogP contribution in [0, 0.1) is 18.7 Å². The summed E-state index contributed by atoms with van der Waals surface area (Å²) >= 11 is -2.33. The topological polar surface area (TPSA) is 97.4 Å². The van der Waals surface area contributed by atoms with E-state index in [9.17, 15) is 31.1 Å². The lowest BCUT2D eigenvalue weighted by atomic mass is 10.0. The van der Waals surface area contributed by atoms with Crippen LogP contribution in [0.4, 0.5) is 29.1 Å². The number of carbonyl (C=O) groups is 1. The second kappa shape index (κ2) is 9.87. The second-order valence-electron chi connectivity index (χ2n) is 8.49. The highest BCUT2D eigenvalue weighted by atomic mass is 32.2. The quantitative estimate of drug-likeness (QED) is 0.421. The number of rotatable bonds is 8. The third kappa shape index (κ3) is 5.84. The first-order valence-corrected chi connectivity index (χ1v) is 11.7. The second-order valence-corrected chi connectivity index (χ2v) is 9.39. The van der Waals surface area contributed by atoms with Crippen molar-refractivity contribution >= 4 is 28.5 Å². The number of halogens is 4. The lowest BCUT2D eigenvalue weighted by molar-refractivity contribution is -0.141. The molecule has 186 valence electrons. The Hall–Kier alpha value is -2.73. The van der Waals surface area contributed by atoms with Gasteiger partial charge in [-0.05, 0) is 66.6 Å². The highest BCUT2D eigenvalue weighted by molar-refractivity contribution is 7.79. The molecule has 1 heterocycles. The lowest BCUT2D eigenvalue weighted by Gasteiger charge is -2.19. The highest BCUT2D eigenvalue weighted by Gasteiger charge is 2.46. The van der Waals surface area contributed by atoms with Crippen LogP contribution in [0.25, 0.3) is 0 Å². The fourth-order valence-corrected chi connectivity index (χ4v) is 4.13. The van der Waals surface area contributed by atoms with E-state index in [4.69, 9.17) is 0 Å². The summed E-state index contributed by atoms with van der Waals surface area (Å²) in [6.07, 6.45) is -4.12. The van der Waals surface area contributed by atoms with Crippen LogP contribution in [0.1, 0.15) is 47.7 Å². The average molecular weight is 502 g/mol. The Morgan fingerprint density at radius 1 is 1.32 bits per heavy atom. The fourth-order valence-electron chi connectivity index (χ4n) is 3.85. The van der Waals surface area contributed by atoms with Crippen molar-refractivity contribution in [1.29, 1.82) is 0 Å². The molecule has 4 atom stereocenters. The van der Waals surface area contributed by atoms with Crippen molar-refractivity contribution in [2.24, 2.45) is 5.92 Å². The first kappa shape index (κ1) is 25.9. The zero-order chi connectivity index (χ0) is 25.4. The van der Waals surface area contributed by atoms with Crippen LogP contribution in [0.5, 0.6) is 0 Å². The Morgan fingerprint density at radius 3 is 2.59 bits per heavy atom. The van der Waals surface area contributed by atoms with Crippen molar-refractivity contribution < 1.29 is 31.1 Å². The molecule has 1 aliphatic carbocycles. The molecule has 34 heavy (non-hydrogen) atoms. The number of anilines is 2. The number of aromatic nitrogens is 1. The van der Waals surface area contributed by atoms with E-state index < -0.39 is 40.7 Å². The molecule has 7 nitrogen and oxygen atoms in total. The molecule has 2 N–H and O–H groups in total. The Kier molecular flexibility index (Phi) is 7.51. The van der Waals surface area contributed by atoms with Gasteiger partial charge in [0.05, 0.1) is 11.9 Å². The van der Waals surface area contributed by atoms with Gasteiger partial charge in [0, 0.05) is 31.3 Å².